The van der Waals surface area contributed by atoms with Crippen molar-refractivity contribution in [3.05, 3.63) is 41.1 Å². The molecule has 2 unspecified atom stereocenters. The number of pyridine rings is 1. The van der Waals surface area contributed by atoms with Crippen molar-refractivity contribution < 1.29 is 18.7 Å². The number of nitrogens with zero attached hydrogens (tertiary/aromatic N) is 4. The molecule has 9 heteroatoms. The number of hydrogen-bond acceptors (Lipinski definition) is 4. The normalized spacial score (nSPS) is 20.2. The Morgan fingerprint density at radius 3 is 2.44 bits per heavy atom. The van der Waals surface area contributed by atoms with Crippen LogP contribution in [0.4, 0.5) is 14.6 Å². The van der Waals surface area contributed by atoms with E-state index in [9.17, 15) is 13.6 Å². The zero-order valence-corrected chi connectivity index (χ0v) is 14.0. The summed E-state index contributed by atoms with van der Waals surface area (Å²) in [5.74, 6) is -1.08. The Hall–Kier alpha value is -2.22. The first-order valence-electron chi connectivity index (χ1n) is 7.79. The predicted octanol–water partition coefficient (Wildman–Crippen LogP) is 2.67. The molecular formula is C16H17ClF2N4O2. The van der Waals surface area contributed by atoms with Gasteiger partial charge >= 0.3 is 5.97 Å². The number of imidazole rings is 1. The number of anilines is 1. The minimum Gasteiger partial charge on any atom is -0.476 e. The van der Waals surface area contributed by atoms with Gasteiger partial charge in [0.25, 0.3) is 0 Å². The van der Waals surface area contributed by atoms with Crippen LogP contribution < -0.4 is 4.90 Å². The van der Waals surface area contributed by atoms with Crippen LogP contribution in [0.15, 0.2) is 24.5 Å². The first kappa shape index (κ1) is 17.6. The van der Waals surface area contributed by atoms with Gasteiger partial charge in [0.2, 0.25) is 5.28 Å². The zero-order chi connectivity index (χ0) is 18.0. The highest BCUT2D eigenvalue weighted by Crippen LogP contribution is 2.28. The molecule has 2 aromatic heterocycles. The number of rotatable bonds is 6. The molecule has 0 spiro atoms. The standard InChI is InChI=1S/C16H17ClF2N4O2/c17-16-21-13(15(24)25)9-23(16)6-10-1-2-14(20-5-10)22-7-11(3-18)12(4-19)8-22/h1-2,5,9,11-12H,3-4,6-8H2,(H,24,25). The molecule has 0 bridgehead atoms. The lowest BCUT2D eigenvalue weighted by molar-refractivity contribution is 0.0691. The second kappa shape index (κ2) is 7.35. The monoisotopic (exact) mass is 370 g/mol. The summed E-state index contributed by atoms with van der Waals surface area (Å²) in [6, 6.07) is 3.61. The summed E-state index contributed by atoms with van der Waals surface area (Å²) in [6.45, 7) is 0.161. The van der Waals surface area contributed by atoms with Gasteiger partial charge < -0.3 is 14.6 Å². The summed E-state index contributed by atoms with van der Waals surface area (Å²) < 4.78 is 27.4. The highest BCUT2D eigenvalue weighted by molar-refractivity contribution is 6.28. The van der Waals surface area contributed by atoms with Gasteiger partial charge in [-0.05, 0) is 23.2 Å². The fourth-order valence-electron chi connectivity index (χ4n) is 2.98. The van der Waals surface area contributed by atoms with Gasteiger partial charge in [0.05, 0.1) is 19.9 Å². The molecule has 1 fully saturated rings. The van der Waals surface area contributed by atoms with Crippen LogP contribution in [0.25, 0.3) is 0 Å². The van der Waals surface area contributed by atoms with Crippen LogP contribution >= 0.6 is 11.6 Å². The number of halogens is 3. The molecule has 3 heterocycles. The van der Waals surface area contributed by atoms with Gasteiger partial charge in [0, 0.05) is 37.3 Å². The highest BCUT2D eigenvalue weighted by atomic mass is 35.5. The van der Waals surface area contributed by atoms with Crippen LogP contribution in [0.5, 0.6) is 0 Å². The molecule has 0 radical (unpaired) electrons. The van der Waals surface area contributed by atoms with Crippen LogP contribution in [0, 0.1) is 11.8 Å². The zero-order valence-electron chi connectivity index (χ0n) is 13.3. The molecule has 1 aliphatic rings. The van der Waals surface area contributed by atoms with E-state index in [0.717, 1.165) is 5.56 Å². The van der Waals surface area contributed by atoms with Crippen LogP contribution in [-0.2, 0) is 6.54 Å². The number of carbonyl (C=O) groups is 1. The van der Waals surface area contributed by atoms with Crippen molar-refractivity contribution in [1.82, 2.24) is 14.5 Å². The Balaban J connectivity index is 1.70. The maximum Gasteiger partial charge on any atom is 0.356 e. The summed E-state index contributed by atoms with van der Waals surface area (Å²) in [5, 5.41) is 9.01. The van der Waals surface area contributed by atoms with E-state index in [1.807, 2.05) is 11.0 Å². The maximum absolute atomic E-state index is 13.0. The lowest BCUT2D eigenvalue weighted by Gasteiger charge is -2.17. The molecule has 0 aliphatic carbocycles. The lowest BCUT2D eigenvalue weighted by atomic mass is 9.99. The van der Waals surface area contributed by atoms with Crippen LogP contribution in [0.3, 0.4) is 0 Å². The SMILES string of the molecule is O=C(O)c1cn(Cc2ccc(N3CC(CF)C(CF)C3)nc2)c(Cl)n1. The van der Waals surface area contributed by atoms with Gasteiger partial charge in [-0.3, -0.25) is 8.78 Å². The third-order valence-corrected chi connectivity index (χ3v) is 4.71. The first-order chi connectivity index (χ1) is 12.0. The van der Waals surface area contributed by atoms with E-state index < -0.39 is 19.3 Å². The first-order valence-corrected chi connectivity index (χ1v) is 8.17. The average molecular weight is 371 g/mol. The van der Waals surface area contributed by atoms with Crippen molar-refractivity contribution >= 4 is 23.4 Å². The molecule has 6 nitrogen and oxygen atoms in total. The van der Waals surface area contributed by atoms with E-state index in [0.29, 0.717) is 25.5 Å². The van der Waals surface area contributed by atoms with E-state index in [-0.39, 0.29) is 22.8 Å². The van der Waals surface area contributed by atoms with E-state index in [2.05, 4.69) is 9.97 Å². The number of carboxylic acids is 1. The quantitative estimate of drug-likeness (QED) is 0.846. The largest absolute Gasteiger partial charge is 0.476 e. The van der Waals surface area contributed by atoms with Crippen molar-refractivity contribution in [1.29, 1.82) is 0 Å². The van der Waals surface area contributed by atoms with Crippen molar-refractivity contribution in [2.24, 2.45) is 11.8 Å². The fourth-order valence-corrected chi connectivity index (χ4v) is 3.18. The minimum absolute atomic E-state index is 0.0811. The number of alkyl halides is 2. The van der Waals surface area contributed by atoms with Gasteiger partial charge in [-0.1, -0.05) is 6.07 Å². The molecule has 1 N–H and O–H groups in total. The molecule has 0 aromatic carbocycles. The van der Waals surface area contributed by atoms with E-state index in [1.165, 1.54) is 10.8 Å². The summed E-state index contributed by atoms with van der Waals surface area (Å²) in [6.07, 6.45) is 3.00. The van der Waals surface area contributed by atoms with Crippen molar-refractivity contribution in [3.63, 3.8) is 0 Å². The summed E-state index contributed by atoms with van der Waals surface area (Å²) in [5.41, 5.74) is 0.685. The van der Waals surface area contributed by atoms with Gasteiger partial charge in [-0.25, -0.2) is 14.8 Å². The molecule has 25 heavy (non-hydrogen) atoms. The molecule has 134 valence electrons. The van der Waals surface area contributed by atoms with Gasteiger partial charge in [-0.15, -0.1) is 0 Å². The van der Waals surface area contributed by atoms with Gasteiger partial charge in [0.15, 0.2) is 5.69 Å². The van der Waals surface area contributed by atoms with Crippen molar-refractivity contribution in [2.75, 3.05) is 31.3 Å². The summed E-state index contributed by atoms with van der Waals surface area (Å²) >= 11 is 5.93. The Labute approximate surface area is 148 Å². The number of aromatic nitrogens is 3. The molecule has 1 aliphatic heterocycles. The van der Waals surface area contributed by atoms with Crippen molar-refractivity contribution in [2.45, 2.75) is 6.54 Å². The average Bonchev–Trinajstić information content (AvgIpc) is 3.19. The van der Waals surface area contributed by atoms with Gasteiger partial charge in [0.1, 0.15) is 5.82 Å². The predicted molar refractivity (Wildman–Crippen MR) is 88.7 cm³/mol. The topological polar surface area (TPSA) is 71.2 Å². The smallest absolute Gasteiger partial charge is 0.356 e. The number of aromatic carboxylic acids is 1. The Morgan fingerprint density at radius 1 is 1.28 bits per heavy atom. The van der Waals surface area contributed by atoms with E-state index >= 15 is 0 Å². The van der Waals surface area contributed by atoms with Crippen LogP contribution in [-0.4, -0.2) is 52.0 Å². The minimum atomic E-state index is -1.15. The Bertz CT molecular complexity index is 741. The number of carboxylic acid groups (broad SMARTS) is 1. The van der Waals surface area contributed by atoms with Gasteiger partial charge in [-0.2, -0.15) is 0 Å². The van der Waals surface area contributed by atoms with E-state index in [1.54, 1.807) is 12.3 Å². The molecule has 3 rings (SSSR count). The molecular weight excluding hydrogens is 354 g/mol. The summed E-state index contributed by atoms with van der Waals surface area (Å²) in [7, 11) is 0. The van der Waals surface area contributed by atoms with E-state index in [4.69, 9.17) is 16.7 Å². The number of hydrogen-bond donors (Lipinski definition) is 1. The maximum atomic E-state index is 13.0. The van der Waals surface area contributed by atoms with Crippen LogP contribution in [0.2, 0.25) is 5.28 Å². The molecule has 2 atom stereocenters. The van der Waals surface area contributed by atoms with Crippen LogP contribution in [0.1, 0.15) is 16.1 Å². The Kier molecular flexibility index (Phi) is 5.17. The molecule has 1 saturated heterocycles. The molecule has 2 aromatic rings. The highest BCUT2D eigenvalue weighted by Gasteiger charge is 2.33. The lowest BCUT2D eigenvalue weighted by Crippen LogP contribution is -2.21. The fraction of sp³-hybridized carbons (Fsp3) is 0.438. The summed E-state index contributed by atoms with van der Waals surface area (Å²) in [4.78, 5) is 20.9. The Morgan fingerprint density at radius 2 is 1.96 bits per heavy atom. The molecule has 0 amide bonds. The molecule has 0 saturated carbocycles. The van der Waals surface area contributed by atoms with Crippen molar-refractivity contribution in [3.8, 4) is 0 Å². The second-order valence-electron chi connectivity index (χ2n) is 6.09. The third kappa shape index (κ3) is 3.73. The third-order valence-electron chi connectivity index (χ3n) is 4.41. The second-order valence-corrected chi connectivity index (χ2v) is 6.42.